The minimum atomic E-state index is -1.11. The zero-order valence-electron chi connectivity index (χ0n) is 18.9. The number of thioether (sulfide) groups is 1. The van der Waals surface area contributed by atoms with Crippen LogP contribution in [0.3, 0.4) is 0 Å². The number of carbonyl (C=O) groups excluding carboxylic acids is 2. The molecular formula is C27H23N3O3S. The number of methoxy groups -OCH3 is 1. The fraction of sp³-hybridized carbons (Fsp3) is 0.222. The summed E-state index contributed by atoms with van der Waals surface area (Å²) >= 11 is 1.51. The van der Waals surface area contributed by atoms with Gasteiger partial charge in [0.2, 0.25) is 0 Å². The van der Waals surface area contributed by atoms with Gasteiger partial charge in [0.1, 0.15) is 5.75 Å². The number of carbonyl (C=O) groups is 2. The molecule has 0 bridgehead atoms. The highest BCUT2D eigenvalue weighted by Gasteiger charge is 2.59. The van der Waals surface area contributed by atoms with E-state index in [0.29, 0.717) is 35.7 Å². The molecule has 7 heteroatoms. The Morgan fingerprint density at radius 2 is 1.94 bits per heavy atom. The van der Waals surface area contributed by atoms with Crippen molar-refractivity contribution in [1.82, 2.24) is 4.90 Å². The lowest BCUT2D eigenvalue weighted by molar-refractivity contribution is -0.123. The van der Waals surface area contributed by atoms with Crippen molar-refractivity contribution in [2.45, 2.75) is 18.3 Å². The van der Waals surface area contributed by atoms with Gasteiger partial charge in [0.15, 0.2) is 4.87 Å². The van der Waals surface area contributed by atoms with E-state index in [2.05, 4.69) is 6.07 Å². The van der Waals surface area contributed by atoms with Crippen molar-refractivity contribution in [2.24, 2.45) is 0 Å². The maximum Gasteiger partial charge on any atom is 0.268 e. The van der Waals surface area contributed by atoms with Crippen molar-refractivity contribution in [3.8, 4) is 11.8 Å². The molecular weight excluding hydrogens is 446 g/mol. The third-order valence-corrected chi connectivity index (χ3v) is 7.75. The van der Waals surface area contributed by atoms with E-state index in [-0.39, 0.29) is 11.8 Å². The van der Waals surface area contributed by atoms with Crippen molar-refractivity contribution in [1.29, 1.82) is 5.26 Å². The highest BCUT2D eigenvalue weighted by Crippen LogP contribution is 2.55. The van der Waals surface area contributed by atoms with E-state index in [1.807, 2.05) is 37.3 Å². The minimum absolute atomic E-state index is 0.125. The van der Waals surface area contributed by atoms with Gasteiger partial charge in [0, 0.05) is 23.4 Å². The van der Waals surface area contributed by atoms with Crippen LogP contribution in [0.5, 0.6) is 5.75 Å². The van der Waals surface area contributed by atoms with Crippen LogP contribution in [0.25, 0.3) is 0 Å². The van der Waals surface area contributed by atoms with Crippen molar-refractivity contribution in [2.75, 3.05) is 24.3 Å². The van der Waals surface area contributed by atoms with Crippen LogP contribution in [-0.2, 0) is 16.2 Å². The number of nitrogens with zero attached hydrogens (tertiary/aromatic N) is 3. The molecule has 2 heterocycles. The quantitative estimate of drug-likeness (QED) is 0.564. The Labute approximate surface area is 202 Å². The number of anilines is 1. The Morgan fingerprint density at radius 3 is 2.68 bits per heavy atom. The lowest BCUT2D eigenvalue weighted by atomic mass is 10.0. The summed E-state index contributed by atoms with van der Waals surface area (Å²) < 4.78 is 5.22. The van der Waals surface area contributed by atoms with E-state index in [1.165, 1.54) is 11.8 Å². The molecule has 2 aliphatic rings. The van der Waals surface area contributed by atoms with Gasteiger partial charge < -0.3 is 14.5 Å². The second-order valence-electron chi connectivity index (χ2n) is 8.40. The molecule has 1 fully saturated rings. The molecule has 1 spiro atoms. The van der Waals surface area contributed by atoms with Crippen LogP contribution in [0.4, 0.5) is 5.69 Å². The van der Waals surface area contributed by atoms with Crippen LogP contribution < -0.4 is 9.64 Å². The number of hydrogen-bond donors (Lipinski definition) is 0. The molecule has 2 amide bonds. The summed E-state index contributed by atoms with van der Waals surface area (Å²) in [4.78, 5) is 30.1. The van der Waals surface area contributed by atoms with Crippen LogP contribution in [0.2, 0.25) is 0 Å². The summed E-state index contributed by atoms with van der Waals surface area (Å²) in [6.07, 6.45) is 0. The fourth-order valence-electron chi connectivity index (χ4n) is 4.70. The van der Waals surface area contributed by atoms with Gasteiger partial charge in [0.05, 0.1) is 31.0 Å². The predicted octanol–water partition coefficient (Wildman–Crippen LogP) is 4.46. The average molecular weight is 470 g/mol. The van der Waals surface area contributed by atoms with Crippen LogP contribution in [0.15, 0.2) is 66.7 Å². The molecule has 0 unspecified atom stereocenters. The van der Waals surface area contributed by atoms with E-state index < -0.39 is 4.87 Å². The molecule has 0 aliphatic carbocycles. The van der Waals surface area contributed by atoms with Gasteiger partial charge in [-0.2, -0.15) is 5.26 Å². The number of benzene rings is 3. The molecule has 6 nitrogen and oxygen atoms in total. The van der Waals surface area contributed by atoms with Crippen LogP contribution in [-0.4, -0.2) is 36.1 Å². The molecule has 3 aromatic carbocycles. The van der Waals surface area contributed by atoms with E-state index in [1.54, 1.807) is 53.3 Å². The van der Waals surface area contributed by atoms with E-state index in [9.17, 15) is 14.9 Å². The molecule has 1 atom stereocenters. The normalized spacial score (nSPS) is 18.8. The van der Waals surface area contributed by atoms with Gasteiger partial charge in [0.25, 0.3) is 11.8 Å². The van der Waals surface area contributed by atoms with Gasteiger partial charge in [-0.25, -0.2) is 0 Å². The van der Waals surface area contributed by atoms with Crippen molar-refractivity contribution >= 4 is 29.3 Å². The molecule has 2 aliphatic heterocycles. The highest BCUT2D eigenvalue weighted by molar-refractivity contribution is 8.01. The van der Waals surface area contributed by atoms with Gasteiger partial charge >= 0.3 is 0 Å². The van der Waals surface area contributed by atoms with Gasteiger partial charge in [-0.15, -0.1) is 11.8 Å². The summed E-state index contributed by atoms with van der Waals surface area (Å²) in [5.74, 6) is 1.03. The van der Waals surface area contributed by atoms with Crippen molar-refractivity contribution in [3.63, 3.8) is 0 Å². The number of aryl methyl sites for hydroxylation is 1. The summed E-state index contributed by atoms with van der Waals surface area (Å²) in [7, 11) is 1.58. The van der Waals surface area contributed by atoms with Crippen LogP contribution >= 0.6 is 11.8 Å². The Bertz CT molecular complexity index is 1330. The first kappa shape index (κ1) is 22.1. The molecule has 0 aromatic heterocycles. The Balaban J connectivity index is 1.57. The Kier molecular flexibility index (Phi) is 5.54. The van der Waals surface area contributed by atoms with E-state index in [0.717, 1.165) is 22.4 Å². The number of ether oxygens (including phenoxy) is 1. The number of nitriles is 1. The standard InChI is InChI=1S/C27H23N3O3S/c1-18-6-11-24-23(14-18)27(26(32)29(24)17-20-5-3-4-19(15-20)16-28)30(12-13-34-27)25(31)21-7-9-22(33-2)10-8-21/h3-11,14-15H,12-13,17H2,1-2H3/t27-/m0/s1. The second kappa shape index (κ2) is 8.54. The number of hydrogen-bond acceptors (Lipinski definition) is 5. The van der Waals surface area contributed by atoms with Crippen LogP contribution in [0.1, 0.15) is 32.6 Å². The number of amides is 2. The first-order valence-electron chi connectivity index (χ1n) is 11.0. The zero-order chi connectivity index (χ0) is 23.9. The SMILES string of the molecule is COc1ccc(C(=O)N2CCS[C@@]23C(=O)N(Cc2cccc(C#N)c2)c2ccc(C)cc23)cc1. The highest BCUT2D eigenvalue weighted by atomic mass is 32.2. The monoisotopic (exact) mass is 469 g/mol. The lowest BCUT2D eigenvalue weighted by Crippen LogP contribution is -2.50. The molecule has 34 heavy (non-hydrogen) atoms. The average Bonchev–Trinajstić information content (AvgIpc) is 3.41. The Hall–Kier alpha value is -3.76. The molecule has 1 saturated heterocycles. The fourth-order valence-corrected chi connectivity index (χ4v) is 6.15. The zero-order valence-corrected chi connectivity index (χ0v) is 19.8. The van der Waals surface area contributed by atoms with Gasteiger partial charge in [-0.05, 0) is 55.0 Å². The third-order valence-electron chi connectivity index (χ3n) is 6.33. The lowest BCUT2D eigenvalue weighted by Gasteiger charge is -2.33. The molecule has 3 aromatic rings. The topological polar surface area (TPSA) is 73.6 Å². The predicted molar refractivity (Wildman–Crippen MR) is 132 cm³/mol. The van der Waals surface area contributed by atoms with Gasteiger partial charge in [-0.1, -0.05) is 29.8 Å². The number of rotatable bonds is 4. The maximum absolute atomic E-state index is 14.1. The van der Waals surface area contributed by atoms with E-state index in [4.69, 9.17) is 4.74 Å². The molecule has 0 N–H and O–H groups in total. The molecule has 0 saturated carbocycles. The molecule has 5 rings (SSSR count). The minimum Gasteiger partial charge on any atom is -0.497 e. The first-order valence-corrected chi connectivity index (χ1v) is 12.0. The summed E-state index contributed by atoms with van der Waals surface area (Å²) in [5.41, 5.74) is 4.62. The summed E-state index contributed by atoms with van der Waals surface area (Å²) in [6.45, 7) is 2.80. The summed E-state index contributed by atoms with van der Waals surface area (Å²) in [6, 6.07) is 22.4. The molecule has 170 valence electrons. The third kappa shape index (κ3) is 3.42. The maximum atomic E-state index is 14.1. The second-order valence-corrected chi connectivity index (χ2v) is 9.69. The van der Waals surface area contributed by atoms with Crippen molar-refractivity contribution < 1.29 is 14.3 Å². The van der Waals surface area contributed by atoms with Crippen LogP contribution in [0, 0.1) is 18.3 Å². The number of fused-ring (bicyclic) bond motifs is 2. The summed E-state index contributed by atoms with van der Waals surface area (Å²) in [5, 5.41) is 9.28. The van der Waals surface area contributed by atoms with Crippen molar-refractivity contribution in [3.05, 3.63) is 94.5 Å². The molecule has 0 radical (unpaired) electrons. The van der Waals surface area contributed by atoms with Gasteiger partial charge in [-0.3, -0.25) is 9.59 Å². The largest absolute Gasteiger partial charge is 0.497 e. The van der Waals surface area contributed by atoms with E-state index >= 15 is 0 Å². The smallest absolute Gasteiger partial charge is 0.268 e. The first-order chi connectivity index (χ1) is 16.5. The Morgan fingerprint density at radius 1 is 1.15 bits per heavy atom.